The summed E-state index contributed by atoms with van der Waals surface area (Å²) in [7, 11) is -1.19. The molecule has 0 saturated carbocycles. The van der Waals surface area contributed by atoms with Crippen LogP contribution in [0.3, 0.4) is 0 Å². The van der Waals surface area contributed by atoms with E-state index in [2.05, 4.69) is 52.2 Å². The SMILES string of the molecule is CC(C)CCCCCS(C(C)C)=P([O-])([O-])[S-].CC(C)CCCCCS(C(C)C)=P([O-])([O-])[S-].[Zn+2].[Zn+2].[Zn+2]. The van der Waals surface area contributed by atoms with Crippen LogP contribution in [-0.4, -0.2) is 22.0 Å². The number of hydrogen-bond donors (Lipinski definition) is 0. The molecule has 0 heterocycles. The minimum Gasteiger partial charge on any atom is -0.854 e. The molecular formula is C22H48O4P2S4Zn3. The van der Waals surface area contributed by atoms with E-state index < -0.39 is 31.5 Å². The molecular weight excluding hydrogens is 715 g/mol. The fourth-order valence-corrected chi connectivity index (χ4v) is 16.2. The molecule has 35 heavy (non-hydrogen) atoms. The van der Waals surface area contributed by atoms with Crippen LogP contribution >= 0.6 is 11.4 Å². The summed E-state index contributed by atoms with van der Waals surface area (Å²) < 4.78 is 0. The molecule has 0 aromatic rings. The molecule has 0 rings (SSSR count). The van der Waals surface area contributed by atoms with E-state index in [1.807, 2.05) is 27.7 Å². The van der Waals surface area contributed by atoms with Gasteiger partial charge in [0.25, 0.3) is 0 Å². The third-order valence-electron chi connectivity index (χ3n) is 4.93. The molecule has 4 nitrogen and oxygen atoms in total. The first-order chi connectivity index (χ1) is 14.5. The van der Waals surface area contributed by atoms with E-state index in [1.54, 1.807) is 0 Å². The molecule has 0 aliphatic carbocycles. The van der Waals surface area contributed by atoms with Crippen LogP contribution < -0.4 is 19.6 Å². The molecule has 13 heteroatoms. The summed E-state index contributed by atoms with van der Waals surface area (Å²) in [5.74, 6) is 3.01. The van der Waals surface area contributed by atoms with E-state index in [1.165, 1.54) is 25.7 Å². The Kier molecular flexibility index (Phi) is 37.3. The third kappa shape index (κ3) is 30.8. The summed E-state index contributed by atoms with van der Waals surface area (Å²) >= 11 is 9.23. The Hall–Kier alpha value is 3.97. The van der Waals surface area contributed by atoms with Crippen LogP contribution in [0.1, 0.15) is 107 Å². The van der Waals surface area contributed by atoms with Gasteiger partial charge >= 0.3 is 58.4 Å². The summed E-state index contributed by atoms with van der Waals surface area (Å²) in [4.78, 5) is 45.6. The van der Waals surface area contributed by atoms with Crippen molar-refractivity contribution in [3.63, 3.8) is 0 Å². The number of hydrogen-bond acceptors (Lipinski definition) is 6. The maximum atomic E-state index is 11.4. The van der Waals surface area contributed by atoms with E-state index >= 15 is 0 Å². The van der Waals surface area contributed by atoms with Gasteiger partial charge in [0.05, 0.1) is 0 Å². The predicted molar refractivity (Wildman–Crippen MR) is 150 cm³/mol. The van der Waals surface area contributed by atoms with Gasteiger partial charge in [-0.3, -0.25) is 0 Å². The summed E-state index contributed by atoms with van der Waals surface area (Å²) in [5.41, 5.74) is -7.08. The Labute approximate surface area is 272 Å². The minimum atomic E-state index is -3.54. The monoisotopic (exact) mass is 758 g/mol. The molecule has 0 amide bonds. The van der Waals surface area contributed by atoms with Gasteiger partial charge in [0.1, 0.15) is 0 Å². The first kappa shape index (κ1) is 48.7. The van der Waals surface area contributed by atoms with E-state index in [0.29, 0.717) is 0 Å². The first-order valence-electron chi connectivity index (χ1n) is 11.9. The van der Waals surface area contributed by atoms with Gasteiger partial charge in [-0.15, -0.1) is 0 Å². The van der Waals surface area contributed by atoms with Crippen molar-refractivity contribution < 1.29 is 78.0 Å². The second-order valence-corrected chi connectivity index (χ2v) is 25.8. The van der Waals surface area contributed by atoms with Crippen molar-refractivity contribution in [2.75, 3.05) is 11.5 Å². The van der Waals surface area contributed by atoms with Gasteiger partial charge in [0.15, 0.2) is 0 Å². The zero-order valence-electron chi connectivity index (χ0n) is 23.7. The Morgan fingerprint density at radius 2 is 0.771 bits per heavy atom. The molecule has 0 radical (unpaired) electrons. The third-order valence-corrected chi connectivity index (χ3v) is 20.2. The zero-order chi connectivity index (χ0) is 25.5. The van der Waals surface area contributed by atoms with Crippen LogP contribution in [0.2, 0.25) is 0 Å². The molecule has 0 fully saturated rings. The fourth-order valence-electron chi connectivity index (χ4n) is 3.17. The van der Waals surface area contributed by atoms with Gasteiger partial charge < -0.3 is 55.5 Å². The Morgan fingerprint density at radius 3 is 0.943 bits per heavy atom. The van der Waals surface area contributed by atoms with Crippen molar-refractivity contribution in [3.8, 4) is 0 Å². The normalized spacial score (nSPS) is 13.5. The van der Waals surface area contributed by atoms with Crippen LogP contribution in [0.15, 0.2) is 0 Å². The first-order valence-corrected chi connectivity index (χ1v) is 21.3. The van der Waals surface area contributed by atoms with Crippen molar-refractivity contribution >= 4 is 56.0 Å². The predicted octanol–water partition coefficient (Wildman–Crippen LogP) is 4.34. The topological polar surface area (TPSA) is 92.2 Å². The Morgan fingerprint density at radius 1 is 0.514 bits per heavy atom. The van der Waals surface area contributed by atoms with E-state index in [0.717, 1.165) is 49.0 Å². The van der Waals surface area contributed by atoms with E-state index in [4.69, 9.17) is 0 Å². The van der Waals surface area contributed by atoms with E-state index in [-0.39, 0.29) is 68.9 Å². The molecule has 0 aliphatic rings. The van der Waals surface area contributed by atoms with Crippen LogP contribution in [0.5, 0.6) is 0 Å². The summed E-state index contributed by atoms with van der Waals surface area (Å²) in [6.07, 6.45) is 9.12. The van der Waals surface area contributed by atoms with Crippen molar-refractivity contribution in [2.24, 2.45) is 11.8 Å². The maximum absolute atomic E-state index is 11.4. The van der Waals surface area contributed by atoms with Crippen LogP contribution in [0.25, 0.3) is 0 Å². The quantitative estimate of drug-likeness (QED) is 0.113. The molecule has 200 valence electrons. The van der Waals surface area contributed by atoms with Crippen molar-refractivity contribution in [1.82, 2.24) is 0 Å². The largest absolute Gasteiger partial charge is 2.00 e. The molecule has 0 aromatic heterocycles. The van der Waals surface area contributed by atoms with Crippen molar-refractivity contribution in [2.45, 2.75) is 117 Å². The fraction of sp³-hybridized carbons (Fsp3) is 1.00. The van der Waals surface area contributed by atoms with Gasteiger partial charge in [-0.1, -0.05) is 93.9 Å². The van der Waals surface area contributed by atoms with Crippen molar-refractivity contribution in [1.29, 1.82) is 0 Å². The second kappa shape index (κ2) is 26.8. The molecule has 0 N–H and O–H groups in total. The van der Waals surface area contributed by atoms with Gasteiger partial charge in [-0.25, -0.2) is 20.1 Å². The average Bonchev–Trinajstić information content (AvgIpc) is 2.58. The maximum Gasteiger partial charge on any atom is 2.00 e. The summed E-state index contributed by atoms with van der Waals surface area (Å²) in [6.45, 7) is 16.7. The molecule has 0 saturated heterocycles. The summed E-state index contributed by atoms with van der Waals surface area (Å²) in [5, 5.41) is 0.344. The van der Waals surface area contributed by atoms with Gasteiger partial charge in [0, 0.05) is 0 Å². The van der Waals surface area contributed by atoms with E-state index in [9.17, 15) is 19.6 Å². The van der Waals surface area contributed by atoms with Crippen LogP contribution in [0.4, 0.5) is 0 Å². The Balaban J connectivity index is -0.000000158. The number of unbranched alkanes of at least 4 members (excludes halogenated alkanes) is 4. The van der Waals surface area contributed by atoms with Gasteiger partial charge in [0.2, 0.25) is 0 Å². The second-order valence-electron chi connectivity index (χ2n) is 9.69. The van der Waals surface area contributed by atoms with Gasteiger partial charge in [-0.2, -0.15) is 0 Å². The minimum absolute atomic E-state index is 0. The zero-order valence-corrected chi connectivity index (χ0v) is 37.6. The van der Waals surface area contributed by atoms with Crippen molar-refractivity contribution in [3.05, 3.63) is 0 Å². The molecule has 0 spiro atoms. The molecule has 2 atom stereocenters. The average molecular weight is 763 g/mol. The van der Waals surface area contributed by atoms with Crippen LogP contribution in [0, 0.1) is 11.8 Å². The molecule has 0 bridgehead atoms. The smallest absolute Gasteiger partial charge is 0.854 e. The number of rotatable bonds is 14. The summed E-state index contributed by atoms with van der Waals surface area (Å²) in [6, 6.07) is 0. The molecule has 0 aromatic carbocycles. The molecule has 0 aliphatic heterocycles. The molecule has 2 unspecified atom stereocenters. The standard InChI is InChI=1S/2C11H24O2PS2.3Zn/c2*1-10(2)8-6-5-7-9-16(11(3)4)14(12,13)15;;;/h2*10-11H,5-9H2,1-4H3;;;/q2*-3;3*+2. The Bertz CT molecular complexity index is 543. The van der Waals surface area contributed by atoms with Crippen LogP contribution in [-0.2, 0) is 103 Å². The van der Waals surface area contributed by atoms with Gasteiger partial charge in [-0.05, 0) is 46.7 Å².